The minimum Gasteiger partial charge on any atom is -0.454 e. The number of aromatic nitrogens is 3. The molecular formula is C22H25N7O3. The van der Waals surface area contributed by atoms with Gasteiger partial charge in [-0.3, -0.25) is 0 Å². The number of ether oxygens (including phenoxy) is 1. The SMILES string of the molecule is Cc1ccccc1Nc1nc(N)nc(COC(=O)c2ccccc2NC(=O)NC(C)C)n1. The highest BCUT2D eigenvalue weighted by atomic mass is 16.5. The van der Waals surface area contributed by atoms with Gasteiger partial charge in [-0.2, -0.15) is 15.0 Å². The third-order valence-electron chi connectivity index (χ3n) is 4.24. The minimum atomic E-state index is -0.641. The second-order valence-corrected chi connectivity index (χ2v) is 7.25. The first kappa shape index (κ1) is 22.5. The van der Waals surface area contributed by atoms with E-state index in [0.29, 0.717) is 5.69 Å². The summed E-state index contributed by atoms with van der Waals surface area (Å²) in [6.07, 6.45) is 0. The lowest BCUT2D eigenvalue weighted by atomic mass is 10.2. The van der Waals surface area contributed by atoms with E-state index in [2.05, 4.69) is 30.9 Å². The average Bonchev–Trinajstić information content (AvgIpc) is 2.73. The highest BCUT2D eigenvalue weighted by molar-refractivity contribution is 6.00. The maximum atomic E-state index is 12.6. The van der Waals surface area contributed by atoms with Crippen molar-refractivity contribution in [1.29, 1.82) is 0 Å². The van der Waals surface area contributed by atoms with Crippen LogP contribution in [0.3, 0.4) is 0 Å². The molecule has 2 aromatic carbocycles. The van der Waals surface area contributed by atoms with E-state index >= 15 is 0 Å². The number of carbonyl (C=O) groups is 2. The van der Waals surface area contributed by atoms with E-state index in [-0.39, 0.29) is 35.9 Å². The van der Waals surface area contributed by atoms with Crippen molar-refractivity contribution in [1.82, 2.24) is 20.3 Å². The molecule has 0 unspecified atom stereocenters. The Morgan fingerprint density at radius 3 is 2.41 bits per heavy atom. The fourth-order valence-corrected chi connectivity index (χ4v) is 2.79. The number of nitrogens with two attached hydrogens (primary N) is 1. The molecule has 0 bridgehead atoms. The van der Waals surface area contributed by atoms with Crippen molar-refractivity contribution < 1.29 is 14.3 Å². The molecule has 5 N–H and O–H groups in total. The Labute approximate surface area is 185 Å². The van der Waals surface area contributed by atoms with E-state index in [1.54, 1.807) is 24.3 Å². The smallest absolute Gasteiger partial charge is 0.340 e. The fourth-order valence-electron chi connectivity index (χ4n) is 2.79. The third-order valence-corrected chi connectivity index (χ3v) is 4.24. The van der Waals surface area contributed by atoms with Crippen LogP contribution in [-0.4, -0.2) is 33.0 Å². The van der Waals surface area contributed by atoms with Crippen LogP contribution in [0.2, 0.25) is 0 Å². The normalized spacial score (nSPS) is 10.5. The van der Waals surface area contributed by atoms with Crippen LogP contribution in [0.1, 0.15) is 35.6 Å². The van der Waals surface area contributed by atoms with E-state index in [1.807, 2.05) is 45.0 Å². The van der Waals surface area contributed by atoms with E-state index in [4.69, 9.17) is 10.5 Å². The minimum absolute atomic E-state index is 0.00504. The van der Waals surface area contributed by atoms with Gasteiger partial charge in [-0.25, -0.2) is 9.59 Å². The first-order valence-corrected chi connectivity index (χ1v) is 9.98. The van der Waals surface area contributed by atoms with Crippen molar-refractivity contribution in [2.45, 2.75) is 33.4 Å². The Bertz CT molecular complexity index is 1120. The van der Waals surface area contributed by atoms with Crippen LogP contribution in [-0.2, 0) is 11.3 Å². The fraction of sp³-hybridized carbons (Fsp3) is 0.227. The predicted molar refractivity (Wildman–Crippen MR) is 122 cm³/mol. The molecule has 1 aromatic heterocycles. The monoisotopic (exact) mass is 435 g/mol. The first-order chi connectivity index (χ1) is 15.3. The molecule has 0 saturated carbocycles. The highest BCUT2D eigenvalue weighted by Gasteiger charge is 2.16. The molecule has 1 heterocycles. The number of esters is 1. The molecule has 10 nitrogen and oxygen atoms in total. The van der Waals surface area contributed by atoms with Crippen LogP contribution < -0.4 is 21.7 Å². The van der Waals surface area contributed by atoms with Gasteiger partial charge in [-0.1, -0.05) is 30.3 Å². The van der Waals surface area contributed by atoms with Crippen LogP contribution in [0.25, 0.3) is 0 Å². The topological polar surface area (TPSA) is 144 Å². The maximum Gasteiger partial charge on any atom is 0.340 e. The summed E-state index contributed by atoms with van der Waals surface area (Å²) >= 11 is 0. The number of carbonyl (C=O) groups excluding carboxylic acids is 2. The number of hydrogen-bond acceptors (Lipinski definition) is 8. The van der Waals surface area contributed by atoms with E-state index in [0.717, 1.165) is 11.3 Å². The van der Waals surface area contributed by atoms with E-state index in [9.17, 15) is 9.59 Å². The van der Waals surface area contributed by atoms with Gasteiger partial charge < -0.3 is 26.4 Å². The predicted octanol–water partition coefficient (Wildman–Crippen LogP) is 3.39. The number of rotatable bonds is 7. The number of hydrogen-bond donors (Lipinski definition) is 4. The summed E-state index contributed by atoms with van der Waals surface area (Å²) in [4.78, 5) is 37.0. The zero-order chi connectivity index (χ0) is 23.1. The number of aryl methyl sites for hydroxylation is 1. The number of para-hydroxylation sites is 2. The van der Waals surface area contributed by atoms with E-state index in [1.165, 1.54) is 0 Å². The number of urea groups is 1. The van der Waals surface area contributed by atoms with Gasteiger partial charge in [-0.15, -0.1) is 0 Å². The standard InChI is InChI=1S/C22H25N7O3/c1-13(2)24-22(31)26-17-11-7-5-9-15(17)19(30)32-12-18-27-20(23)29-21(28-18)25-16-10-6-4-8-14(16)3/h4-11,13H,12H2,1-3H3,(H2,24,26,31)(H3,23,25,27,28,29). The summed E-state index contributed by atoms with van der Waals surface area (Å²) in [6, 6.07) is 13.7. The number of nitrogens with zero attached hydrogens (tertiary/aromatic N) is 3. The Morgan fingerprint density at radius 2 is 1.69 bits per heavy atom. The Hall–Kier alpha value is -4.21. The van der Waals surface area contributed by atoms with Crippen molar-refractivity contribution in [3.05, 3.63) is 65.5 Å². The molecule has 2 amide bonds. The zero-order valence-electron chi connectivity index (χ0n) is 18.0. The van der Waals surface area contributed by atoms with Gasteiger partial charge in [0.2, 0.25) is 11.9 Å². The molecule has 32 heavy (non-hydrogen) atoms. The zero-order valence-corrected chi connectivity index (χ0v) is 18.0. The molecule has 0 spiro atoms. The largest absolute Gasteiger partial charge is 0.454 e. The molecule has 0 saturated heterocycles. The van der Waals surface area contributed by atoms with Crippen molar-refractivity contribution >= 4 is 35.3 Å². The van der Waals surface area contributed by atoms with Gasteiger partial charge >= 0.3 is 12.0 Å². The Morgan fingerprint density at radius 1 is 1.00 bits per heavy atom. The number of anilines is 4. The highest BCUT2D eigenvalue weighted by Crippen LogP contribution is 2.19. The lowest BCUT2D eigenvalue weighted by Crippen LogP contribution is -2.34. The van der Waals surface area contributed by atoms with Gasteiger partial charge in [0, 0.05) is 11.7 Å². The average molecular weight is 435 g/mol. The van der Waals surface area contributed by atoms with Crippen molar-refractivity contribution in [3.8, 4) is 0 Å². The van der Waals surface area contributed by atoms with Crippen LogP contribution >= 0.6 is 0 Å². The molecule has 0 fully saturated rings. The summed E-state index contributed by atoms with van der Waals surface area (Å²) in [5.41, 5.74) is 8.14. The molecule has 3 aromatic rings. The summed E-state index contributed by atoms with van der Waals surface area (Å²) < 4.78 is 5.35. The molecule has 0 aliphatic carbocycles. The number of benzene rings is 2. The number of nitrogens with one attached hydrogen (secondary N) is 3. The molecule has 0 radical (unpaired) electrons. The molecule has 0 aliphatic rings. The lowest BCUT2D eigenvalue weighted by Gasteiger charge is -2.13. The summed E-state index contributed by atoms with van der Waals surface area (Å²) in [5, 5.41) is 8.43. The Balaban J connectivity index is 1.70. The van der Waals surface area contributed by atoms with Gasteiger partial charge in [0.05, 0.1) is 11.3 Å². The third kappa shape index (κ3) is 6.14. The quantitative estimate of drug-likeness (QED) is 0.413. The summed E-state index contributed by atoms with van der Waals surface area (Å²) in [7, 11) is 0. The van der Waals surface area contributed by atoms with Crippen LogP contribution in [0.4, 0.5) is 28.1 Å². The van der Waals surface area contributed by atoms with Crippen LogP contribution in [0, 0.1) is 6.92 Å². The van der Waals surface area contributed by atoms with Gasteiger partial charge in [0.1, 0.15) is 0 Å². The maximum absolute atomic E-state index is 12.6. The molecule has 10 heteroatoms. The van der Waals surface area contributed by atoms with Gasteiger partial charge in [0.25, 0.3) is 0 Å². The first-order valence-electron chi connectivity index (χ1n) is 9.98. The van der Waals surface area contributed by atoms with Crippen molar-refractivity contribution in [2.75, 3.05) is 16.4 Å². The molecule has 3 rings (SSSR count). The second kappa shape index (κ2) is 10.2. The van der Waals surface area contributed by atoms with Crippen LogP contribution in [0.15, 0.2) is 48.5 Å². The van der Waals surface area contributed by atoms with Crippen LogP contribution in [0.5, 0.6) is 0 Å². The second-order valence-electron chi connectivity index (χ2n) is 7.25. The number of nitrogen functional groups attached to an aromatic ring is 1. The molecule has 166 valence electrons. The summed E-state index contributed by atoms with van der Waals surface area (Å²) in [6.45, 7) is 5.40. The molecule has 0 aliphatic heterocycles. The number of amides is 2. The van der Waals surface area contributed by atoms with Crippen molar-refractivity contribution in [3.63, 3.8) is 0 Å². The van der Waals surface area contributed by atoms with Gasteiger partial charge in [-0.05, 0) is 44.5 Å². The molecule has 0 atom stereocenters. The summed E-state index contributed by atoms with van der Waals surface area (Å²) in [5.74, 6) is -0.220. The lowest BCUT2D eigenvalue weighted by molar-refractivity contribution is 0.0463. The van der Waals surface area contributed by atoms with Gasteiger partial charge in [0.15, 0.2) is 12.4 Å². The van der Waals surface area contributed by atoms with E-state index < -0.39 is 12.0 Å². The Kier molecular flexibility index (Phi) is 7.17. The molecular weight excluding hydrogens is 410 g/mol. The van der Waals surface area contributed by atoms with Crippen molar-refractivity contribution in [2.24, 2.45) is 0 Å².